The second-order valence-electron chi connectivity index (χ2n) is 3.39. The number of rotatable bonds is 3. The van der Waals surface area contributed by atoms with Crippen LogP contribution in [0.2, 0.25) is 5.02 Å². The molecule has 2 rings (SSSR count). The van der Waals surface area contributed by atoms with Crippen molar-refractivity contribution in [3.8, 4) is 0 Å². The number of aromatic nitrogens is 2. The first kappa shape index (κ1) is 10.8. The Bertz CT molecular complexity index is 497. The van der Waals surface area contributed by atoms with Gasteiger partial charge in [-0.3, -0.25) is 0 Å². The minimum Gasteiger partial charge on any atom is -0.408 e. The number of benzene rings is 1. The van der Waals surface area contributed by atoms with E-state index < -0.39 is 0 Å². The maximum Gasteiger partial charge on any atom is 0.312 e. The first-order chi connectivity index (χ1) is 7.65. The number of hydrogen-bond acceptors (Lipinski definition) is 5. The van der Waals surface area contributed by atoms with Crippen LogP contribution >= 0.6 is 11.6 Å². The average Bonchev–Trinajstić information content (AvgIpc) is 2.66. The summed E-state index contributed by atoms with van der Waals surface area (Å²) in [4.78, 5) is 0. The van der Waals surface area contributed by atoms with Crippen LogP contribution in [0.3, 0.4) is 0 Å². The minimum atomic E-state index is 0.0885. The van der Waals surface area contributed by atoms with Crippen molar-refractivity contribution in [2.45, 2.75) is 12.8 Å². The van der Waals surface area contributed by atoms with Crippen LogP contribution in [0.1, 0.15) is 11.5 Å². The Morgan fingerprint density at radius 1 is 1.19 bits per heavy atom. The fraction of sp³-hybridized carbons (Fsp3) is 0.200. The molecule has 0 unspecified atom stereocenters. The lowest BCUT2D eigenvalue weighted by atomic mass is 10.1. The van der Waals surface area contributed by atoms with Crippen LogP contribution < -0.4 is 11.5 Å². The summed E-state index contributed by atoms with van der Waals surface area (Å²) in [6.45, 7) is 0. The molecule has 2 aromatic rings. The van der Waals surface area contributed by atoms with Crippen molar-refractivity contribution >= 4 is 23.3 Å². The molecule has 1 aromatic carbocycles. The van der Waals surface area contributed by atoms with Gasteiger partial charge in [0.2, 0.25) is 5.89 Å². The van der Waals surface area contributed by atoms with E-state index in [1.807, 2.05) is 12.1 Å². The fourth-order valence-electron chi connectivity index (χ4n) is 1.37. The standard InChI is InChI=1S/C10H11ClN4O/c11-7-3-1-6(5-8(7)12)2-4-9-14-15-10(13)16-9/h1,3,5H,2,4,12H2,(H2,13,15). The molecule has 6 heteroatoms. The lowest BCUT2D eigenvalue weighted by Gasteiger charge is -2.02. The third-order valence-electron chi connectivity index (χ3n) is 2.17. The normalized spacial score (nSPS) is 10.6. The number of aryl methyl sites for hydroxylation is 2. The van der Waals surface area contributed by atoms with Gasteiger partial charge in [0.15, 0.2) is 0 Å². The summed E-state index contributed by atoms with van der Waals surface area (Å²) in [6.07, 6.45) is 1.38. The molecule has 1 aromatic heterocycles. The number of nitrogens with two attached hydrogens (primary N) is 2. The highest BCUT2D eigenvalue weighted by Gasteiger charge is 2.04. The third-order valence-corrected chi connectivity index (χ3v) is 2.51. The summed E-state index contributed by atoms with van der Waals surface area (Å²) in [7, 11) is 0. The van der Waals surface area contributed by atoms with Crippen LogP contribution in [0.25, 0.3) is 0 Å². The van der Waals surface area contributed by atoms with Crippen molar-refractivity contribution in [2.75, 3.05) is 11.5 Å². The molecule has 0 spiro atoms. The van der Waals surface area contributed by atoms with Gasteiger partial charge in [0.05, 0.1) is 10.7 Å². The average molecular weight is 239 g/mol. The summed E-state index contributed by atoms with van der Waals surface area (Å²) >= 11 is 5.82. The number of hydrogen-bond donors (Lipinski definition) is 2. The van der Waals surface area contributed by atoms with Gasteiger partial charge in [-0.1, -0.05) is 22.8 Å². The van der Waals surface area contributed by atoms with Gasteiger partial charge < -0.3 is 15.9 Å². The lowest BCUT2D eigenvalue weighted by Crippen LogP contribution is -1.94. The quantitative estimate of drug-likeness (QED) is 0.794. The monoisotopic (exact) mass is 238 g/mol. The number of nitrogens with zero attached hydrogens (tertiary/aromatic N) is 2. The molecule has 4 N–H and O–H groups in total. The molecule has 0 atom stereocenters. The summed E-state index contributed by atoms with van der Waals surface area (Å²) < 4.78 is 5.06. The van der Waals surface area contributed by atoms with Crippen molar-refractivity contribution in [3.63, 3.8) is 0 Å². The second-order valence-corrected chi connectivity index (χ2v) is 3.80. The molecule has 16 heavy (non-hydrogen) atoms. The van der Waals surface area contributed by atoms with Crippen LogP contribution in [0.5, 0.6) is 0 Å². The smallest absolute Gasteiger partial charge is 0.312 e. The molecule has 0 aliphatic carbocycles. The molecule has 1 heterocycles. The fourth-order valence-corrected chi connectivity index (χ4v) is 1.49. The number of halogens is 1. The highest BCUT2D eigenvalue weighted by molar-refractivity contribution is 6.33. The molecule has 0 fully saturated rings. The first-order valence-electron chi connectivity index (χ1n) is 4.77. The summed E-state index contributed by atoms with van der Waals surface area (Å²) in [5.74, 6) is 0.519. The van der Waals surface area contributed by atoms with E-state index in [9.17, 15) is 0 Å². The molecule has 0 radical (unpaired) electrons. The van der Waals surface area contributed by atoms with Crippen LogP contribution in [0.4, 0.5) is 11.7 Å². The van der Waals surface area contributed by atoms with Gasteiger partial charge in [-0.25, -0.2) is 0 Å². The largest absolute Gasteiger partial charge is 0.408 e. The van der Waals surface area contributed by atoms with E-state index >= 15 is 0 Å². The molecule has 5 nitrogen and oxygen atoms in total. The van der Waals surface area contributed by atoms with E-state index in [1.54, 1.807) is 6.07 Å². The van der Waals surface area contributed by atoms with E-state index in [0.29, 0.717) is 23.0 Å². The Morgan fingerprint density at radius 2 is 2.00 bits per heavy atom. The van der Waals surface area contributed by atoms with Crippen LogP contribution in [0, 0.1) is 0 Å². The molecule has 0 saturated heterocycles. The molecular formula is C10H11ClN4O. The topological polar surface area (TPSA) is 91.0 Å². The highest BCUT2D eigenvalue weighted by Crippen LogP contribution is 2.20. The third kappa shape index (κ3) is 2.43. The Morgan fingerprint density at radius 3 is 2.62 bits per heavy atom. The molecule has 0 bridgehead atoms. The molecular weight excluding hydrogens is 228 g/mol. The SMILES string of the molecule is Nc1nnc(CCc2ccc(Cl)c(N)c2)o1. The molecule has 84 valence electrons. The summed E-state index contributed by atoms with van der Waals surface area (Å²) in [6, 6.07) is 5.61. The summed E-state index contributed by atoms with van der Waals surface area (Å²) in [5, 5.41) is 7.91. The minimum absolute atomic E-state index is 0.0885. The van der Waals surface area contributed by atoms with Crippen molar-refractivity contribution in [3.05, 3.63) is 34.7 Å². The van der Waals surface area contributed by atoms with Gasteiger partial charge in [0.25, 0.3) is 0 Å². The Balaban J connectivity index is 2.02. The van der Waals surface area contributed by atoms with Gasteiger partial charge in [-0.2, -0.15) is 0 Å². The number of anilines is 2. The highest BCUT2D eigenvalue weighted by atomic mass is 35.5. The molecule has 0 amide bonds. The lowest BCUT2D eigenvalue weighted by molar-refractivity contribution is 0.509. The van der Waals surface area contributed by atoms with E-state index in [4.69, 9.17) is 27.5 Å². The Kier molecular flexibility index (Phi) is 2.96. The van der Waals surface area contributed by atoms with E-state index in [-0.39, 0.29) is 6.01 Å². The van der Waals surface area contributed by atoms with Crippen molar-refractivity contribution in [1.29, 1.82) is 0 Å². The van der Waals surface area contributed by atoms with Gasteiger partial charge in [-0.15, -0.1) is 5.10 Å². The van der Waals surface area contributed by atoms with Gasteiger partial charge in [0, 0.05) is 6.42 Å². The van der Waals surface area contributed by atoms with Gasteiger partial charge in [0.1, 0.15) is 0 Å². The number of nitrogen functional groups attached to an aromatic ring is 2. The zero-order valence-corrected chi connectivity index (χ0v) is 9.24. The van der Waals surface area contributed by atoms with Crippen LogP contribution in [0.15, 0.2) is 22.6 Å². The van der Waals surface area contributed by atoms with Crippen molar-refractivity contribution in [2.24, 2.45) is 0 Å². The maximum absolute atomic E-state index is 5.82. The predicted octanol–water partition coefficient (Wildman–Crippen LogP) is 1.67. The predicted molar refractivity (Wildman–Crippen MR) is 62.0 cm³/mol. The van der Waals surface area contributed by atoms with Crippen LogP contribution in [-0.4, -0.2) is 10.2 Å². The van der Waals surface area contributed by atoms with E-state index in [1.165, 1.54) is 0 Å². The van der Waals surface area contributed by atoms with Crippen molar-refractivity contribution in [1.82, 2.24) is 10.2 Å². The zero-order valence-electron chi connectivity index (χ0n) is 8.48. The maximum atomic E-state index is 5.82. The van der Waals surface area contributed by atoms with E-state index in [0.717, 1.165) is 12.0 Å². The van der Waals surface area contributed by atoms with Gasteiger partial charge in [-0.05, 0) is 24.1 Å². The summed E-state index contributed by atoms with van der Waals surface area (Å²) in [5.41, 5.74) is 12.6. The molecule has 0 saturated carbocycles. The molecule has 0 aliphatic rings. The molecule has 0 aliphatic heterocycles. The Labute approximate surface area is 97.4 Å². The zero-order chi connectivity index (χ0) is 11.5. The van der Waals surface area contributed by atoms with Gasteiger partial charge >= 0.3 is 6.01 Å². The second kappa shape index (κ2) is 4.40. The van der Waals surface area contributed by atoms with Crippen LogP contribution in [-0.2, 0) is 12.8 Å². The first-order valence-corrected chi connectivity index (χ1v) is 5.14. The Hall–Kier alpha value is -1.75. The van der Waals surface area contributed by atoms with Crippen molar-refractivity contribution < 1.29 is 4.42 Å². The van der Waals surface area contributed by atoms with E-state index in [2.05, 4.69) is 10.2 Å².